The molecule has 8 rings (SSSR count). The number of piperazine rings is 2. The Morgan fingerprint density at radius 1 is 0.543 bits per heavy atom. The molecule has 0 aliphatic carbocycles. The zero-order chi connectivity index (χ0) is 50.5. The van der Waals surface area contributed by atoms with Crippen LogP contribution in [0.15, 0.2) is 151 Å². The minimum atomic E-state index is -3.83. The number of sulfonamides is 4. The van der Waals surface area contributed by atoms with Crippen molar-refractivity contribution in [2.75, 3.05) is 62.2 Å². The van der Waals surface area contributed by atoms with Crippen molar-refractivity contribution in [2.45, 2.75) is 69.2 Å². The fourth-order valence-electron chi connectivity index (χ4n) is 7.91. The van der Waals surface area contributed by atoms with Gasteiger partial charge in [0.2, 0.25) is 20.0 Å². The van der Waals surface area contributed by atoms with E-state index in [-0.39, 0.29) is 57.5 Å². The Morgan fingerprint density at radius 2 is 0.914 bits per heavy atom. The highest BCUT2D eigenvalue weighted by Crippen LogP contribution is 2.31. The summed E-state index contributed by atoms with van der Waals surface area (Å²) in [5.41, 5.74) is 1.13. The maximum atomic E-state index is 13.2. The fraction of sp³-hybridized carbons (Fsp3) is 0.348. The van der Waals surface area contributed by atoms with Gasteiger partial charge in [0.1, 0.15) is 18.2 Å². The van der Waals surface area contributed by atoms with Gasteiger partial charge >= 0.3 is 0 Å². The summed E-state index contributed by atoms with van der Waals surface area (Å²) in [6.07, 6.45) is 5.52. The van der Waals surface area contributed by atoms with Crippen molar-refractivity contribution in [3.05, 3.63) is 144 Å². The molecule has 2 atom stereocenters. The molecular weight excluding hydrogens is 1020 g/mol. The minimum absolute atomic E-state index is 0.000925. The van der Waals surface area contributed by atoms with Crippen molar-refractivity contribution < 1.29 is 43.9 Å². The summed E-state index contributed by atoms with van der Waals surface area (Å²) < 4.78 is 112. The first-order chi connectivity index (χ1) is 33.0. The largest absolute Gasteiger partial charge is 0.386 e. The molecule has 4 aromatic heterocycles. The Morgan fingerprint density at radius 3 is 1.21 bits per heavy atom. The van der Waals surface area contributed by atoms with Gasteiger partial charge in [0.05, 0.1) is 23.3 Å². The second-order valence-corrected chi connectivity index (χ2v) is 27.3. The minimum Gasteiger partial charge on any atom is -0.386 e. The summed E-state index contributed by atoms with van der Waals surface area (Å²) in [6, 6.07) is 26.3. The van der Waals surface area contributed by atoms with Crippen LogP contribution in [0.2, 0.25) is 0 Å². The number of hydrogen-bond acceptors (Lipinski definition) is 16. The normalized spacial score (nSPS) is 18.0. The summed E-state index contributed by atoms with van der Waals surface area (Å²) in [7, 11) is -15.0. The van der Waals surface area contributed by atoms with Gasteiger partial charge in [-0.1, -0.05) is 36.4 Å². The van der Waals surface area contributed by atoms with E-state index in [4.69, 9.17) is 0 Å². The lowest BCUT2D eigenvalue weighted by Gasteiger charge is -2.42. The number of thiophene rings is 2. The molecule has 0 bridgehead atoms. The van der Waals surface area contributed by atoms with Gasteiger partial charge in [-0.25, -0.2) is 43.1 Å². The summed E-state index contributed by atoms with van der Waals surface area (Å²) in [5, 5.41) is 24.0. The van der Waals surface area contributed by atoms with Gasteiger partial charge in [-0.3, -0.25) is 9.97 Å². The molecule has 4 N–H and O–H groups in total. The maximum absolute atomic E-state index is 13.2. The van der Waals surface area contributed by atoms with Gasteiger partial charge in [0.25, 0.3) is 20.0 Å². The lowest BCUT2D eigenvalue weighted by atomic mass is 9.98. The molecule has 6 heterocycles. The molecule has 0 amide bonds. The second-order valence-electron chi connectivity index (χ2n) is 17.6. The van der Waals surface area contributed by atoms with Gasteiger partial charge in [0.15, 0.2) is 0 Å². The zero-order valence-corrected chi connectivity index (χ0v) is 43.7. The molecule has 0 radical (unpaired) electrons. The molecule has 376 valence electrons. The Labute approximate surface area is 418 Å². The molecule has 2 fully saturated rings. The van der Waals surface area contributed by atoms with Crippen LogP contribution in [0.25, 0.3) is 0 Å². The van der Waals surface area contributed by atoms with Gasteiger partial charge in [-0.05, 0) is 110 Å². The molecule has 24 heteroatoms. The summed E-state index contributed by atoms with van der Waals surface area (Å²) in [6.45, 7) is 8.32. The van der Waals surface area contributed by atoms with E-state index >= 15 is 0 Å². The van der Waals surface area contributed by atoms with Gasteiger partial charge < -0.3 is 20.0 Å². The number of pyridine rings is 2. The summed E-state index contributed by atoms with van der Waals surface area (Å²) >= 11 is 2.31. The zero-order valence-electron chi connectivity index (χ0n) is 38.8. The summed E-state index contributed by atoms with van der Waals surface area (Å²) in [4.78, 5) is 11.8. The SMILES string of the molecule is CC(C)(O)c1ccc(N2CCN(S(=O)(=O)c3cccs3)C[C@@H]2CNS(=O)(=O)c2cccnc2)cc1.CC(C)(O)c1ccc(N2CCN(S(=O)(=O)c3cccs3)C[C@@H]2CNS(=O)(=O)c2cccnc2)cc1. The van der Waals surface area contributed by atoms with Crippen molar-refractivity contribution in [1.29, 1.82) is 0 Å². The molecule has 2 aliphatic rings. The lowest BCUT2D eigenvalue weighted by Crippen LogP contribution is -2.58. The van der Waals surface area contributed by atoms with E-state index in [2.05, 4.69) is 19.4 Å². The van der Waals surface area contributed by atoms with E-state index in [1.54, 1.807) is 74.9 Å². The number of anilines is 2. The standard InChI is InChI=1S/2C23H28N4O5S3/c2*1-23(2,28)18-7-9-19(10-8-18)27-13-12-26(35(31,32)22-6-4-14-33-22)17-20(27)15-25-34(29,30)21-5-3-11-24-16-21/h2*3-11,14,16,20,25,28H,12-13,15,17H2,1-2H3/t2*20-/m00/s1. The van der Waals surface area contributed by atoms with Crippen LogP contribution >= 0.6 is 22.7 Å². The van der Waals surface area contributed by atoms with Gasteiger partial charge in [-0.15, -0.1) is 22.7 Å². The Balaban J connectivity index is 0.000000206. The highest BCUT2D eigenvalue weighted by atomic mass is 32.3. The van der Waals surface area contributed by atoms with E-state index in [1.807, 2.05) is 58.3 Å². The third kappa shape index (κ3) is 12.7. The quantitative estimate of drug-likeness (QED) is 0.105. The summed E-state index contributed by atoms with van der Waals surface area (Å²) in [5.74, 6) is 0. The molecule has 6 aromatic rings. The first kappa shape index (κ1) is 53.1. The molecule has 70 heavy (non-hydrogen) atoms. The third-order valence-electron chi connectivity index (χ3n) is 11.8. The molecule has 2 aliphatic heterocycles. The first-order valence-corrected chi connectivity index (χ1v) is 29.6. The number of aliphatic hydroxyl groups is 2. The molecule has 18 nitrogen and oxygen atoms in total. The van der Waals surface area contributed by atoms with E-state index in [9.17, 15) is 43.9 Å². The van der Waals surface area contributed by atoms with E-state index in [1.165, 1.54) is 45.5 Å². The second kappa shape index (κ2) is 21.6. The number of aromatic nitrogens is 2. The number of nitrogens with zero attached hydrogens (tertiary/aromatic N) is 6. The topological polar surface area (TPSA) is 240 Å². The number of rotatable bonds is 16. The Bertz CT molecular complexity index is 2890. The number of benzene rings is 2. The molecular formula is C46H56N8O10S6. The molecule has 0 saturated carbocycles. The van der Waals surface area contributed by atoms with E-state index in [0.29, 0.717) is 13.1 Å². The fourth-order valence-corrected chi connectivity index (χ4v) is 15.2. The predicted octanol–water partition coefficient (Wildman–Crippen LogP) is 4.46. The van der Waals surface area contributed by atoms with Crippen molar-refractivity contribution in [3.8, 4) is 0 Å². The van der Waals surface area contributed by atoms with Crippen LogP contribution in [0.5, 0.6) is 0 Å². The highest BCUT2D eigenvalue weighted by molar-refractivity contribution is 7.91. The Hall–Kier alpha value is -4.70. The van der Waals surface area contributed by atoms with Crippen molar-refractivity contribution >= 4 is 74.1 Å². The monoisotopic (exact) mass is 1070 g/mol. The van der Waals surface area contributed by atoms with E-state index in [0.717, 1.165) is 45.2 Å². The third-order valence-corrected chi connectivity index (χ3v) is 21.1. The van der Waals surface area contributed by atoms with Crippen LogP contribution < -0.4 is 19.2 Å². The van der Waals surface area contributed by atoms with Crippen molar-refractivity contribution in [2.24, 2.45) is 0 Å². The molecule has 2 saturated heterocycles. The van der Waals surface area contributed by atoms with Gasteiger partial charge in [0, 0.05) is 88.5 Å². The van der Waals surface area contributed by atoms with E-state index < -0.39 is 63.4 Å². The Kier molecular flexibility index (Phi) is 16.4. The average Bonchev–Trinajstić information content (AvgIpc) is 4.11. The molecule has 2 aromatic carbocycles. The van der Waals surface area contributed by atoms with Crippen molar-refractivity contribution in [3.63, 3.8) is 0 Å². The van der Waals surface area contributed by atoms with Crippen molar-refractivity contribution in [1.82, 2.24) is 28.0 Å². The molecule has 0 unspecified atom stereocenters. The van der Waals surface area contributed by atoms with Crippen LogP contribution in [0.1, 0.15) is 38.8 Å². The van der Waals surface area contributed by atoms with Crippen LogP contribution in [-0.2, 0) is 51.3 Å². The van der Waals surface area contributed by atoms with Crippen LogP contribution in [0, 0.1) is 0 Å². The average molecular weight is 1070 g/mol. The van der Waals surface area contributed by atoms with Crippen LogP contribution in [0.4, 0.5) is 11.4 Å². The maximum Gasteiger partial charge on any atom is 0.252 e. The first-order valence-electron chi connectivity index (χ1n) is 22.0. The smallest absolute Gasteiger partial charge is 0.252 e. The highest BCUT2D eigenvalue weighted by Gasteiger charge is 2.37. The number of hydrogen-bond donors (Lipinski definition) is 4. The lowest BCUT2D eigenvalue weighted by molar-refractivity contribution is 0.0780. The molecule has 0 spiro atoms. The van der Waals surface area contributed by atoms with Crippen LogP contribution in [0.3, 0.4) is 0 Å². The van der Waals surface area contributed by atoms with Crippen LogP contribution in [-0.4, -0.2) is 127 Å². The number of nitrogens with one attached hydrogen (secondary N) is 2. The van der Waals surface area contributed by atoms with Gasteiger partial charge in [-0.2, -0.15) is 8.61 Å². The predicted molar refractivity (Wildman–Crippen MR) is 271 cm³/mol.